The number of amides is 3. The summed E-state index contributed by atoms with van der Waals surface area (Å²) in [5.74, 6) is -2.23. The van der Waals surface area contributed by atoms with E-state index < -0.39 is 35.5 Å². The molecule has 3 amide bonds. The van der Waals surface area contributed by atoms with Crippen molar-refractivity contribution in [2.45, 2.75) is 45.3 Å². The van der Waals surface area contributed by atoms with E-state index >= 15 is 0 Å². The zero-order chi connectivity index (χ0) is 22.6. The van der Waals surface area contributed by atoms with Crippen molar-refractivity contribution in [3.8, 4) is 0 Å². The average molecular weight is 424 g/mol. The molecule has 1 heterocycles. The minimum absolute atomic E-state index is 0.174. The molecule has 0 aliphatic carbocycles. The first-order valence-corrected chi connectivity index (χ1v) is 9.86. The molecule has 0 spiro atoms. The number of hydrogen-bond acceptors (Lipinski definition) is 6. The summed E-state index contributed by atoms with van der Waals surface area (Å²) in [4.78, 5) is 54.6. The van der Waals surface area contributed by atoms with Gasteiger partial charge in [-0.3, -0.25) is 9.59 Å². The Hall–Kier alpha value is -3.68. The Bertz CT molecular complexity index is 962. The number of nitrogens with one attached hydrogen (secondary N) is 1. The summed E-state index contributed by atoms with van der Waals surface area (Å²) in [6.45, 7) is 5.19. The molecule has 8 heteroatoms. The molecule has 1 aliphatic rings. The van der Waals surface area contributed by atoms with Gasteiger partial charge in [-0.05, 0) is 44.9 Å². The smallest absolute Gasteiger partial charge is 0.407 e. The van der Waals surface area contributed by atoms with Crippen LogP contribution in [0.25, 0.3) is 0 Å². The molecule has 0 fully saturated rings. The van der Waals surface area contributed by atoms with Crippen LogP contribution in [-0.4, -0.2) is 40.6 Å². The average Bonchev–Trinajstić information content (AvgIpc) is 2.92. The third kappa shape index (κ3) is 5.69. The molecule has 0 saturated carbocycles. The molecule has 1 aliphatic heterocycles. The molecule has 0 saturated heterocycles. The van der Waals surface area contributed by atoms with Gasteiger partial charge in [0, 0.05) is 6.04 Å². The highest BCUT2D eigenvalue weighted by Crippen LogP contribution is 2.23. The number of carbonyl (C=O) groups is 4. The highest BCUT2D eigenvalue weighted by atomic mass is 16.7. The molecule has 0 aromatic heterocycles. The number of imide groups is 1. The predicted octanol–water partition coefficient (Wildman–Crippen LogP) is 3.27. The molecule has 3 rings (SSSR count). The van der Waals surface area contributed by atoms with Crippen molar-refractivity contribution in [2.24, 2.45) is 0 Å². The van der Waals surface area contributed by atoms with Crippen LogP contribution >= 0.6 is 0 Å². The van der Waals surface area contributed by atoms with E-state index in [2.05, 4.69) is 5.32 Å². The van der Waals surface area contributed by atoms with E-state index in [-0.39, 0.29) is 17.5 Å². The SMILES string of the molecule is CC(C)(C)OC(=O)N[C@H](CC(=O)ON1C(=O)c2ccccc2C1=O)Cc1ccccc1. The van der Waals surface area contributed by atoms with E-state index in [1.165, 1.54) is 12.1 Å². The molecule has 2 aromatic rings. The summed E-state index contributed by atoms with van der Waals surface area (Å²) in [6, 6.07) is 14.8. The Morgan fingerprint density at radius 1 is 0.935 bits per heavy atom. The third-order valence-corrected chi connectivity index (χ3v) is 4.41. The number of ether oxygens (including phenoxy) is 1. The van der Waals surface area contributed by atoms with Crippen molar-refractivity contribution in [3.05, 3.63) is 71.3 Å². The predicted molar refractivity (Wildman–Crippen MR) is 111 cm³/mol. The number of fused-ring (bicyclic) bond motifs is 1. The van der Waals surface area contributed by atoms with Crippen LogP contribution in [0.2, 0.25) is 0 Å². The van der Waals surface area contributed by atoms with Crippen molar-refractivity contribution in [1.29, 1.82) is 0 Å². The van der Waals surface area contributed by atoms with Crippen molar-refractivity contribution < 1.29 is 28.8 Å². The summed E-state index contributed by atoms with van der Waals surface area (Å²) >= 11 is 0. The number of alkyl carbamates (subject to hydrolysis) is 1. The van der Waals surface area contributed by atoms with Gasteiger partial charge in [-0.2, -0.15) is 0 Å². The molecule has 1 atom stereocenters. The maximum Gasteiger partial charge on any atom is 0.407 e. The molecular weight excluding hydrogens is 400 g/mol. The first-order valence-electron chi connectivity index (χ1n) is 9.86. The number of hydroxylamine groups is 2. The second-order valence-corrected chi connectivity index (χ2v) is 8.15. The normalized spacial score (nSPS) is 14.1. The molecule has 31 heavy (non-hydrogen) atoms. The second kappa shape index (κ2) is 8.99. The number of rotatable bonds is 6. The summed E-state index contributed by atoms with van der Waals surface area (Å²) in [5, 5.41) is 3.13. The van der Waals surface area contributed by atoms with Crippen molar-refractivity contribution in [2.75, 3.05) is 0 Å². The van der Waals surface area contributed by atoms with Crippen LogP contribution in [0.3, 0.4) is 0 Å². The Kier molecular flexibility index (Phi) is 6.39. The molecule has 8 nitrogen and oxygen atoms in total. The fourth-order valence-corrected chi connectivity index (χ4v) is 3.14. The summed E-state index contributed by atoms with van der Waals surface area (Å²) in [6.07, 6.45) is -0.610. The maximum atomic E-state index is 12.5. The van der Waals surface area contributed by atoms with Crippen LogP contribution in [0, 0.1) is 0 Å². The maximum absolute atomic E-state index is 12.5. The lowest BCUT2D eigenvalue weighted by Crippen LogP contribution is -2.42. The van der Waals surface area contributed by atoms with E-state index in [1.54, 1.807) is 32.9 Å². The van der Waals surface area contributed by atoms with E-state index in [4.69, 9.17) is 9.57 Å². The first kappa shape index (κ1) is 22.0. The Labute approximate surface area is 180 Å². The van der Waals surface area contributed by atoms with E-state index in [1.807, 2.05) is 30.3 Å². The summed E-state index contributed by atoms with van der Waals surface area (Å²) in [5.41, 5.74) is 0.528. The molecule has 0 radical (unpaired) electrons. The topological polar surface area (TPSA) is 102 Å². The lowest BCUT2D eigenvalue weighted by atomic mass is 10.0. The summed E-state index contributed by atoms with van der Waals surface area (Å²) < 4.78 is 5.28. The first-order chi connectivity index (χ1) is 14.6. The van der Waals surface area contributed by atoms with Crippen LogP contribution in [0.5, 0.6) is 0 Å². The molecule has 2 aromatic carbocycles. The Morgan fingerprint density at radius 3 is 2.03 bits per heavy atom. The fraction of sp³-hybridized carbons (Fsp3) is 0.304. The van der Waals surface area contributed by atoms with Crippen LogP contribution in [0.1, 0.15) is 53.5 Å². The third-order valence-electron chi connectivity index (χ3n) is 4.41. The quantitative estimate of drug-likeness (QED) is 0.714. The highest BCUT2D eigenvalue weighted by molar-refractivity contribution is 6.20. The van der Waals surface area contributed by atoms with Crippen molar-refractivity contribution in [3.63, 3.8) is 0 Å². The lowest BCUT2D eigenvalue weighted by Gasteiger charge is -2.23. The number of carbonyl (C=O) groups excluding carboxylic acids is 4. The largest absolute Gasteiger partial charge is 0.444 e. The minimum Gasteiger partial charge on any atom is -0.444 e. The highest BCUT2D eigenvalue weighted by Gasteiger charge is 2.39. The van der Waals surface area contributed by atoms with Gasteiger partial charge in [0.1, 0.15) is 5.60 Å². The zero-order valence-electron chi connectivity index (χ0n) is 17.6. The van der Waals surface area contributed by atoms with E-state index in [0.717, 1.165) is 5.56 Å². The molecule has 0 bridgehead atoms. The fourth-order valence-electron chi connectivity index (χ4n) is 3.14. The van der Waals surface area contributed by atoms with E-state index in [0.29, 0.717) is 11.5 Å². The minimum atomic E-state index is -0.827. The van der Waals surface area contributed by atoms with Gasteiger partial charge in [0.2, 0.25) is 0 Å². The number of hydrogen-bond donors (Lipinski definition) is 1. The Balaban J connectivity index is 1.68. The van der Waals surface area contributed by atoms with Gasteiger partial charge in [-0.25, -0.2) is 9.59 Å². The van der Waals surface area contributed by atoms with Crippen LogP contribution in [0.4, 0.5) is 4.79 Å². The van der Waals surface area contributed by atoms with Crippen molar-refractivity contribution >= 4 is 23.9 Å². The van der Waals surface area contributed by atoms with Gasteiger partial charge in [0.25, 0.3) is 11.8 Å². The van der Waals surface area contributed by atoms with Gasteiger partial charge in [-0.1, -0.05) is 47.5 Å². The molecular formula is C23H24N2O6. The lowest BCUT2D eigenvalue weighted by molar-refractivity contribution is -0.169. The van der Waals surface area contributed by atoms with Gasteiger partial charge >= 0.3 is 12.1 Å². The second-order valence-electron chi connectivity index (χ2n) is 8.15. The van der Waals surface area contributed by atoms with Gasteiger partial charge in [0.15, 0.2) is 0 Å². The zero-order valence-corrected chi connectivity index (χ0v) is 17.6. The molecule has 162 valence electrons. The van der Waals surface area contributed by atoms with Gasteiger partial charge in [-0.15, -0.1) is 0 Å². The molecule has 1 N–H and O–H groups in total. The molecule has 0 unspecified atom stereocenters. The van der Waals surface area contributed by atoms with Gasteiger partial charge < -0.3 is 14.9 Å². The van der Waals surface area contributed by atoms with E-state index in [9.17, 15) is 19.2 Å². The van der Waals surface area contributed by atoms with Crippen LogP contribution in [0.15, 0.2) is 54.6 Å². The number of benzene rings is 2. The Morgan fingerprint density at radius 2 is 1.48 bits per heavy atom. The standard InChI is InChI=1S/C23H24N2O6/c1-23(2,3)30-22(29)24-16(13-15-9-5-4-6-10-15)14-19(26)31-25-20(27)17-11-7-8-12-18(17)21(25)28/h4-12,16H,13-14H2,1-3H3,(H,24,29)/t16-/m0/s1. The number of nitrogens with zero attached hydrogens (tertiary/aromatic N) is 1. The van der Waals surface area contributed by atoms with Crippen LogP contribution in [-0.2, 0) is 20.8 Å². The van der Waals surface area contributed by atoms with Crippen molar-refractivity contribution in [1.82, 2.24) is 10.4 Å². The van der Waals surface area contributed by atoms with Gasteiger partial charge in [0.05, 0.1) is 17.5 Å². The monoisotopic (exact) mass is 424 g/mol. The summed E-state index contributed by atoms with van der Waals surface area (Å²) in [7, 11) is 0. The van der Waals surface area contributed by atoms with Crippen LogP contribution < -0.4 is 5.32 Å².